The molecule has 0 saturated carbocycles. The van der Waals surface area contributed by atoms with Crippen LogP contribution in [0.15, 0.2) is 16.8 Å². The fourth-order valence-electron chi connectivity index (χ4n) is 4.96. The van der Waals surface area contributed by atoms with E-state index in [1.54, 1.807) is 0 Å². The fraction of sp³-hybridized carbons (Fsp3) is 0.636. The van der Waals surface area contributed by atoms with E-state index >= 15 is 0 Å². The normalized spacial score (nSPS) is 23.7. The summed E-state index contributed by atoms with van der Waals surface area (Å²) >= 11 is 0. The number of hydrogen-bond donors (Lipinski definition) is 2. The van der Waals surface area contributed by atoms with E-state index < -0.39 is 0 Å². The van der Waals surface area contributed by atoms with Crippen molar-refractivity contribution >= 4 is 12.4 Å². The summed E-state index contributed by atoms with van der Waals surface area (Å²) in [6.07, 6.45) is 4.83. The Bertz CT molecular complexity index is 925. The van der Waals surface area contributed by atoms with E-state index in [1.165, 1.54) is 11.3 Å². The van der Waals surface area contributed by atoms with Gasteiger partial charge in [0.05, 0.1) is 18.2 Å². The lowest BCUT2D eigenvalue weighted by Gasteiger charge is -2.53. The standard InChI is InChI=1S/C21H32N6O2.CH2O2/c1-15-10-18(24-29-15)12-22-20(28)21-6-5-8-27(19(21)14-25(3)9-7-21)13-17-11-23-26(4)16(17)2;2-1-3/h10-11,19H,5-9,12-14H2,1-4H3,(H,22,28);1H,(H,2,3)/t19-,21+;/m0./s1. The van der Waals surface area contributed by atoms with Crippen LogP contribution < -0.4 is 5.32 Å². The summed E-state index contributed by atoms with van der Waals surface area (Å²) in [7, 11) is 4.13. The predicted molar refractivity (Wildman–Crippen MR) is 118 cm³/mol. The van der Waals surface area contributed by atoms with Gasteiger partial charge in [0.25, 0.3) is 6.47 Å². The lowest BCUT2D eigenvalue weighted by Crippen LogP contribution is -2.65. The summed E-state index contributed by atoms with van der Waals surface area (Å²) in [6, 6.07) is 2.08. The molecule has 0 aromatic carbocycles. The zero-order valence-corrected chi connectivity index (χ0v) is 19.4. The molecular weight excluding hydrogens is 412 g/mol. The van der Waals surface area contributed by atoms with Crippen molar-refractivity contribution in [2.75, 3.05) is 26.7 Å². The second kappa shape index (κ2) is 10.3. The van der Waals surface area contributed by atoms with Crippen LogP contribution in [0.2, 0.25) is 0 Å². The van der Waals surface area contributed by atoms with Crippen LogP contribution in [0.3, 0.4) is 0 Å². The van der Waals surface area contributed by atoms with E-state index in [-0.39, 0.29) is 23.8 Å². The predicted octanol–water partition coefficient (Wildman–Crippen LogP) is 1.33. The highest BCUT2D eigenvalue weighted by molar-refractivity contribution is 5.83. The molecule has 0 bridgehead atoms. The molecule has 1 amide bonds. The number of fused-ring (bicyclic) bond motifs is 1. The van der Waals surface area contributed by atoms with E-state index in [9.17, 15) is 4.79 Å². The number of rotatable bonds is 5. The van der Waals surface area contributed by atoms with Crippen LogP contribution in [0.4, 0.5) is 0 Å². The summed E-state index contributed by atoms with van der Waals surface area (Å²) in [5.41, 5.74) is 2.86. The van der Waals surface area contributed by atoms with Gasteiger partial charge in [0, 0.05) is 43.5 Å². The first-order valence-corrected chi connectivity index (χ1v) is 11.0. The third-order valence-electron chi connectivity index (χ3n) is 6.84. The Morgan fingerprint density at radius 2 is 2.09 bits per heavy atom. The third kappa shape index (κ3) is 5.02. The zero-order chi connectivity index (χ0) is 23.3. The molecule has 32 heavy (non-hydrogen) atoms. The number of piperidine rings is 2. The van der Waals surface area contributed by atoms with E-state index in [2.05, 4.69) is 39.3 Å². The second-order valence-electron chi connectivity index (χ2n) is 8.85. The Hall–Kier alpha value is -2.72. The van der Waals surface area contributed by atoms with Crippen LogP contribution in [0.5, 0.6) is 0 Å². The Morgan fingerprint density at radius 3 is 2.72 bits per heavy atom. The van der Waals surface area contributed by atoms with Gasteiger partial charge in [0.2, 0.25) is 5.91 Å². The van der Waals surface area contributed by atoms with Gasteiger partial charge in [-0.3, -0.25) is 19.2 Å². The smallest absolute Gasteiger partial charge is 0.290 e. The molecule has 4 heterocycles. The monoisotopic (exact) mass is 446 g/mol. The molecule has 0 aliphatic carbocycles. The van der Waals surface area contributed by atoms with Gasteiger partial charge in [-0.05, 0) is 53.2 Å². The van der Waals surface area contributed by atoms with Crippen LogP contribution in [0.25, 0.3) is 0 Å². The van der Waals surface area contributed by atoms with Gasteiger partial charge in [0.15, 0.2) is 0 Å². The van der Waals surface area contributed by atoms with Gasteiger partial charge < -0.3 is 19.8 Å². The summed E-state index contributed by atoms with van der Waals surface area (Å²) in [6.45, 7) is 7.87. The Kier molecular flexibility index (Phi) is 7.68. The first kappa shape index (κ1) is 23.9. The minimum atomic E-state index is -0.348. The SMILES string of the molecule is Cc1cc(CNC(=O)[C@@]23CCCN(Cc4cnn(C)c4C)[C@H]2CN(C)CC3)no1.O=CO. The molecule has 2 aromatic heterocycles. The number of carbonyl (C=O) groups excluding carboxylic acids is 1. The van der Waals surface area contributed by atoms with Crippen molar-refractivity contribution in [3.8, 4) is 0 Å². The molecule has 176 valence electrons. The van der Waals surface area contributed by atoms with E-state index in [1.807, 2.05) is 30.9 Å². The number of nitrogens with zero attached hydrogens (tertiary/aromatic N) is 5. The van der Waals surface area contributed by atoms with Crippen LogP contribution >= 0.6 is 0 Å². The van der Waals surface area contributed by atoms with Crippen molar-refractivity contribution < 1.29 is 19.2 Å². The molecule has 2 atom stereocenters. The van der Waals surface area contributed by atoms with Crippen molar-refractivity contribution in [3.05, 3.63) is 35.0 Å². The van der Waals surface area contributed by atoms with Crippen molar-refractivity contribution in [3.63, 3.8) is 0 Å². The molecule has 2 aromatic rings. The quantitative estimate of drug-likeness (QED) is 0.661. The number of likely N-dealkylation sites (N-methyl/N-ethyl adjacent to an activating group) is 1. The lowest BCUT2D eigenvalue weighted by atomic mass is 9.67. The summed E-state index contributed by atoms with van der Waals surface area (Å²) in [5.74, 6) is 0.920. The molecule has 0 unspecified atom stereocenters. The van der Waals surface area contributed by atoms with Gasteiger partial charge >= 0.3 is 0 Å². The molecule has 2 saturated heterocycles. The molecule has 0 radical (unpaired) electrons. The minimum Gasteiger partial charge on any atom is -0.483 e. The molecule has 2 fully saturated rings. The van der Waals surface area contributed by atoms with Gasteiger partial charge in [-0.1, -0.05) is 5.16 Å². The Morgan fingerprint density at radius 1 is 1.34 bits per heavy atom. The molecule has 2 N–H and O–H groups in total. The third-order valence-corrected chi connectivity index (χ3v) is 6.84. The summed E-state index contributed by atoms with van der Waals surface area (Å²) in [4.78, 5) is 26.7. The average molecular weight is 447 g/mol. The van der Waals surface area contributed by atoms with Gasteiger partial charge in [0.1, 0.15) is 11.5 Å². The first-order valence-electron chi connectivity index (χ1n) is 11.0. The zero-order valence-electron chi connectivity index (χ0n) is 19.4. The number of amides is 1. The Balaban J connectivity index is 0.000000913. The molecule has 10 nitrogen and oxygen atoms in total. The maximum Gasteiger partial charge on any atom is 0.290 e. The number of aromatic nitrogens is 3. The van der Waals surface area contributed by atoms with Gasteiger partial charge in [-0.15, -0.1) is 0 Å². The number of carbonyl (C=O) groups is 2. The fourth-order valence-corrected chi connectivity index (χ4v) is 4.96. The molecule has 0 spiro atoms. The number of carboxylic acid groups (broad SMARTS) is 1. The summed E-state index contributed by atoms with van der Waals surface area (Å²) in [5, 5.41) is 18.5. The van der Waals surface area contributed by atoms with Crippen molar-refractivity contribution in [1.82, 2.24) is 30.1 Å². The van der Waals surface area contributed by atoms with E-state index in [4.69, 9.17) is 14.4 Å². The summed E-state index contributed by atoms with van der Waals surface area (Å²) < 4.78 is 7.06. The largest absolute Gasteiger partial charge is 0.483 e. The van der Waals surface area contributed by atoms with E-state index in [0.29, 0.717) is 6.54 Å². The molecular formula is C22H34N6O4. The maximum absolute atomic E-state index is 13.5. The van der Waals surface area contributed by atoms with E-state index in [0.717, 1.165) is 56.9 Å². The molecule has 4 rings (SSSR count). The molecule has 2 aliphatic heterocycles. The average Bonchev–Trinajstić information content (AvgIpc) is 3.33. The van der Waals surface area contributed by atoms with Gasteiger partial charge in [-0.2, -0.15) is 5.10 Å². The highest BCUT2D eigenvalue weighted by Crippen LogP contribution is 2.43. The first-order chi connectivity index (χ1) is 15.3. The van der Waals surface area contributed by atoms with Crippen LogP contribution in [0, 0.1) is 19.3 Å². The van der Waals surface area contributed by atoms with Crippen LogP contribution in [0.1, 0.15) is 42.0 Å². The maximum atomic E-state index is 13.5. The number of nitrogens with one attached hydrogen (secondary N) is 1. The molecule has 10 heteroatoms. The van der Waals surface area contributed by atoms with Crippen LogP contribution in [-0.4, -0.2) is 74.9 Å². The van der Waals surface area contributed by atoms with Gasteiger partial charge in [-0.25, -0.2) is 0 Å². The minimum absolute atomic E-state index is 0.156. The lowest BCUT2D eigenvalue weighted by molar-refractivity contribution is -0.145. The molecule has 2 aliphatic rings. The number of aryl methyl sites for hydroxylation is 2. The number of hydrogen-bond acceptors (Lipinski definition) is 7. The topological polar surface area (TPSA) is 117 Å². The van der Waals surface area contributed by atoms with Crippen molar-refractivity contribution in [2.45, 2.75) is 52.2 Å². The number of likely N-dealkylation sites (tertiary alicyclic amines) is 2. The van der Waals surface area contributed by atoms with Crippen molar-refractivity contribution in [2.24, 2.45) is 12.5 Å². The highest BCUT2D eigenvalue weighted by atomic mass is 16.5. The van der Waals surface area contributed by atoms with Crippen LogP contribution in [-0.2, 0) is 29.7 Å². The highest BCUT2D eigenvalue weighted by Gasteiger charge is 2.52. The Labute approximate surface area is 188 Å². The second-order valence-corrected chi connectivity index (χ2v) is 8.85. The van der Waals surface area contributed by atoms with Crippen molar-refractivity contribution in [1.29, 1.82) is 0 Å².